The van der Waals surface area contributed by atoms with Crippen molar-refractivity contribution >= 4 is 11.7 Å². The van der Waals surface area contributed by atoms with Crippen LogP contribution in [-0.4, -0.2) is 42.8 Å². The van der Waals surface area contributed by atoms with Gasteiger partial charge in [0, 0.05) is 24.8 Å². The van der Waals surface area contributed by atoms with E-state index in [0.29, 0.717) is 24.5 Å². The minimum atomic E-state index is -0.233. The average molecular weight is 314 g/mol. The van der Waals surface area contributed by atoms with Crippen LogP contribution in [0.2, 0.25) is 0 Å². The number of anilines is 1. The molecule has 0 aliphatic rings. The minimum Gasteiger partial charge on any atom is -0.497 e. The van der Waals surface area contributed by atoms with Gasteiger partial charge in [0.1, 0.15) is 5.75 Å². The third kappa shape index (κ3) is 5.30. The smallest absolute Gasteiger partial charge is 0.321 e. The zero-order valence-electron chi connectivity index (χ0n) is 13.2. The number of nitrogens with zero attached hydrogens (tertiary/aromatic N) is 1. The van der Waals surface area contributed by atoms with Crippen LogP contribution >= 0.6 is 0 Å². The summed E-state index contributed by atoms with van der Waals surface area (Å²) in [4.78, 5) is 14.0. The summed E-state index contributed by atoms with van der Waals surface area (Å²) in [6.07, 6.45) is 0.742. The molecular weight excluding hydrogens is 292 g/mol. The molecule has 5 heteroatoms. The van der Waals surface area contributed by atoms with Gasteiger partial charge in [-0.25, -0.2) is 4.79 Å². The molecule has 0 unspecified atom stereocenters. The van der Waals surface area contributed by atoms with Crippen LogP contribution in [0.25, 0.3) is 0 Å². The monoisotopic (exact) mass is 314 g/mol. The van der Waals surface area contributed by atoms with Gasteiger partial charge in [0.05, 0.1) is 13.7 Å². The maximum atomic E-state index is 12.4. The quantitative estimate of drug-likeness (QED) is 0.826. The summed E-state index contributed by atoms with van der Waals surface area (Å²) in [5, 5.41) is 12.0. The Kier molecular flexibility index (Phi) is 6.44. The molecule has 2 rings (SSSR count). The molecule has 122 valence electrons. The molecule has 5 nitrogen and oxygen atoms in total. The number of methoxy groups -OCH3 is 1. The lowest BCUT2D eigenvalue weighted by atomic mass is 10.1. The number of carbonyl (C=O) groups is 1. The van der Waals surface area contributed by atoms with E-state index in [4.69, 9.17) is 4.74 Å². The van der Waals surface area contributed by atoms with Crippen LogP contribution in [0.15, 0.2) is 54.6 Å². The number of urea groups is 1. The molecule has 0 fully saturated rings. The second-order valence-corrected chi connectivity index (χ2v) is 5.11. The Balaban J connectivity index is 1.97. The largest absolute Gasteiger partial charge is 0.497 e. The molecule has 0 aromatic heterocycles. The third-order valence-corrected chi connectivity index (χ3v) is 3.49. The number of ether oxygens (including phenoxy) is 1. The van der Waals surface area contributed by atoms with Crippen LogP contribution < -0.4 is 10.1 Å². The van der Waals surface area contributed by atoms with Crippen molar-refractivity contribution in [1.29, 1.82) is 0 Å². The fourth-order valence-electron chi connectivity index (χ4n) is 2.25. The van der Waals surface area contributed by atoms with Crippen LogP contribution in [0.1, 0.15) is 5.56 Å². The van der Waals surface area contributed by atoms with Gasteiger partial charge in [0.2, 0.25) is 0 Å². The van der Waals surface area contributed by atoms with E-state index in [1.54, 1.807) is 24.1 Å². The van der Waals surface area contributed by atoms with E-state index in [0.717, 1.165) is 12.0 Å². The summed E-state index contributed by atoms with van der Waals surface area (Å²) >= 11 is 0. The normalized spacial score (nSPS) is 10.2. The first-order valence-corrected chi connectivity index (χ1v) is 7.57. The molecule has 0 aliphatic heterocycles. The first-order valence-electron chi connectivity index (χ1n) is 7.57. The second-order valence-electron chi connectivity index (χ2n) is 5.11. The first-order chi connectivity index (χ1) is 11.2. The van der Waals surface area contributed by atoms with E-state index in [9.17, 15) is 9.90 Å². The van der Waals surface area contributed by atoms with Crippen molar-refractivity contribution < 1.29 is 14.6 Å². The van der Waals surface area contributed by atoms with E-state index in [1.165, 1.54) is 0 Å². The molecule has 2 aromatic carbocycles. The topological polar surface area (TPSA) is 61.8 Å². The maximum Gasteiger partial charge on any atom is 0.321 e. The van der Waals surface area contributed by atoms with Crippen molar-refractivity contribution in [3.63, 3.8) is 0 Å². The summed E-state index contributed by atoms with van der Waals surface area (Å²) in [6, 6.07) is 16.9. The highest BCUT2D eigenvalue weighted by molar-refractivity contribution is 5.89. The van der Waals surface area contributed by atoms with Gasteiger partial charge in [0.25, 0.3) is 0 Å². The first kappa shape index (κ1) is 16.8. The summed E-state index contributed by atoms with van der Waals surface area (Å²) in [7, 11) is 1.58. The number of aliphatic hydroxyl groups is 1. The van der Waals surface area contributed by atoms with Gasteiger partial charge in [-0.15, -0.1) is 0 Å². The number of hydrogen-bond acceptors (Lipinski definition) is 3. The lowest BCUT2D eigenvalue weighted by molar-refractivity contribution is 0.189. The highest BCUT2D eigenvalue weighted by atomic mass is 16.5. The van der Waals surface area contributed by atoms with Gasteiger partial charge in [-0.1, -0.05) is 36.4 Å². The molecule has 2 aromatic rings. The van der Waals surface area contributed by atoms with Gasteiger partial charge >= 0.3 is 6.03 Å². The predicted octanol–water partition coefficient (Wildman–Crippen LogP) is 2.76. The van der Waals surface area contributed by atoms with E-state index in [1.807, 2.05) is 42.5 Å². The Hall–Kier alpha value is -2.53. The zero-order chi connectivity index (χ0) is 16.5. The van der Waals surface area contributed by atoms with Crippen LogP contribution in [0.4, 0.5) is 10.5 Å². The summed E-state index contributed by atoms with van der Waals surface area (Å²) in [6.45, 7) is 0.767. The summed E-state index contributed by atoms with van der Waals surface area (Å²) < 4.78 is 5.14. The Bertz CT molecular complexity index is 617. The van der Waals surface area contributed by atoms with Gasteiger partial charge in [-0.2, -0.15) is 0 Å². The number of amides is 2. The van der Waals surface area contributed by atoms with E-state index < -0.39 is 0 Å². The van der Waals surface area contributed by atoms with E-state index in [2.05, 4.69) is 5.32 Å². The molecular formula is C18H22N2O3. The molecule has 2 amide bonds. The molecule has 0 spiro atoms. The van der Waals surface area contributed by atoms with Gasteiger partial charge in [-0.3, -0.25) is 0 Å². The number of benzene rings is 2. The highest BCUT2D eigenvalue weighted by Crippen LogP contribution is 2.17. The molecule has 0 saturated heterocycles. The van der Waals surface area contributed by atoms with Crippen LogP contribution in [-0.2, 0) is 6.42 Å². The molecule has 0 heterocycles. The van der Waals surface area contributed by atoms with Gasteiger partial charge < -0.3 is 20.1 Å². The highest BCUT2D eigenvalue weighted by Gasteiger charge is 2.13. The minimum absolute atomic E-state index is 0.0691. The number of rotatable bonds is 7. The Labute approximate surface area is 136 Å². The number of carbonyl (C=O) groups excluding carboxylic acids is 1. The number of nitrogens with one attached hydrogen (secondary N) is 1. The van der Waals surface area contributed by atoms with Crippen molar-refractivity contribution in [2.75, 3.05) is 32.1 Å². The molecule has 0 radical (unpaired) electrons. The van der Waals surface area contributed by atoms with Crippen molar-refractivity contribution in [1.82, 2.24) is 4.90 Å². The predicted molar refractivity (Wildman–Crippen MR) is 90.8 cm³/mol. The van der Waals surface area contributed by atoms with Crippen LogP contribution in [0.3, 0.4) is 0 Å². The Morgan fingerprint density at radius 2 is 1.91 bits per heavy atom. The molecule has 0 bridgehead atoms. The summed E-state index contributed by atoms with van der Waals surface area (Å²) in [5.74, 6) is 0.681. The van der Waals surface area contributed by atoms with Crippen molar-refractivity contribution in [2.45, 2.75) is 6.42 Å². The Morgan fingerprint density at radius 3 is 2.61 bits per heavy atom. The van der Waals surface area contributed by atoms with Gasteiger partial charge in [-0.05, 0) is 24.1 Å². The SMILES string of the molecule is COc1cccc(NC(=O)N(CCO)CCc2ccccc2)c1. The maximum absolute atomic E-state index is 12.4. The Morgan fingerprint density at radius 1 is 1.13 bits per heavy atom. The fourth-order valence-corrected chi connectivity index (χ4v) is 2.25. The lowest BCUT2D eigenvalue weighted by Crippen LogP contribution is -2.38. The van der Waals surface area contributed by atoms with E-state index >= 15 is 0 Å². The molecule has 0 aliphatic carbocycles. The zero-order valence-corrected chi connectivity index (χ0v) is 13.2. The number of aliphatic hydroxyl groups excluding tert-OH is 1. The van der Waals surface area contributed by atoms with Gasteiger partial charge in [0.15, 0.2) is 0 Å². The molecule has 0 saturated carbocycles. The third-order valence-electron chi connectivity index (χ3n) is 3.49. The molecule has 0 atom stereocenters. The molecule has 2 N–H and O–H groups in total. The standard InChI is InChI=1S/C18H22N2O3/c1-23-17-9-5-8-16(14-17)19-18(22)20(12-13-21)11-10-15-6-3-2-4-7-15/h2-9,14,21H,10-13H2,1H3,(H,19,22). The fraction of sp³-hybridized carbons (Fsp3) is 0.278. The van der Waals surface area contributed by atoms with Crippen LogP contribution in [0.5, 0.6) is 5.75 Å². The van der Waals surface area contributed by atoms with E-state index in [-0.39, 0.29) is 12.6 Å². The average Bonchev–Trinajstić information content (AvgIpc) is 2.59. The second kappa shape index (κ2) is 8.80. The number of hydrogen-bond donors (Lipinski definition) is 2. The van der Waals surface area contributed by atoms with Crippen molar-refractivity contribution in [2.24, 2.45) is 0 Å². The molecule has 23 heavy (non-hydrogen) atoms. The van der Waals surface area contributed by atoms with Crippen molar-refractivity contribution in [3.8, 4) is 5.75 Å². The van der Waals surface area contributed by atoms with Crippen molar-refractivity contribution in [3.05, 3.63) is 60.2 Å². The van der Waals surface area contributed by atoms with Crippen LogP contribution in [0, 0.1) is 0 Å². The summed E-state index contributed by atoms with van der Waals surface area (Å²) in [5.41, 5.74) is 1.82. The lowest BCUT2D eigenvalue weighted by Gasteiger charge is -2.22.